The summed E-state index contributed by atoms with van der Waals surface area (Å²) < 4.78 is 5.16. The number of methoxy groups -OCH3 is 1. The zero-order chi connectivity index (χ0) is 17.5. The second kappa shape index (κ2) is 11.4. The fraction of sp³-hybridized carbons (Fsp3) is 0.588. The molecule has 142 valence electrons. The fourth-order valence-corrected chi connectivity index (χ4v) is 3.58. The summed E-state index contributed by atoms with van der Waals surface area (Å²) in [5.41, 5.74) is 6.99. The summed E-state index contributed by atoms with van der Waals surface area (Å²) in [6.07, 6.45) is 2.35. The van der Waals surface area contributed by atoms with Crippen molar-refractivity contribution in [1.82, 2.24) is 10.2 Å². The second-order valence-electron chi connectivity index (χ2n) is 6.08. The van der Waals surface area contributed by atoms with E-state index < -0.39 is 0 Å². The predicted molar refractivity (Wildman–Crippen MR) is 116 cm³/mol. The van der Waals surface area contributed by atoms with E-state index in [1.54, 1.807) is 13.2 Å². The van der Waals surface area contributed by atoms with Crippen LogP contribution in [0, 0.1) is 0 Å². The molecule has 1 heterocycles. The molecule has 2 rings (SSSR count). The highest BCUT2D eigenvalue weighted by molar-refractivity contribution is 14.0. The number of aliphatic imine (C=N–C) groups is 1. The first-order valence-corrected chi connectivity index (χ1v) is 9.01. The van der Waals surface area contributed by atoms with Gasteiger partial charge in [0.1, 0.15) is 0 Å². The number of hydrogen-bond donors (Lipinski definition) is 2. The van der Waals surface area contributed by atoms with Crippen LogP contribution in [0.25, 0.3) is 0 Å². The third-order valence-corrected chi connectivity index (χ3v) is 4.91. The zero-order valence-electron chi connectivity index (χ0n) is 14.7. The lowest BCUT2D eigenvalue weighted by molar-refractivity contribution is 0.143. The van der Waals surface area contributed by atoms with Gasteiger partial charge in [0, 0.05) is 29.7 Å². The molecule has 0 saturated carbocycles. The summed E-state index contributed by atoms with van der Waals surface area (Å²) >= 11 is 12.2. The van der Waals surface area contributed by atoms with E-state index in [-0.39, 0.29) is 30.0 Å². The van der Waals surface area contributed by atoms with E-state index in [9.17, 15) is 0 Å². The molecule has 0 spiro atoms. The Morgan fingerprint density at radius 3 is 2.92 bits per heavy atom. The maximum atomic E-state index is 6.23. The Morgan fingerprint density at radius 1 is 1.48 bits per heavy atom. The zero-order valence-corrected chi connectivity index (χ0v) is 18.5. The summed E-state index contributed by atoms with van der Waals surface area (Å²) in [6.45, 7) is 5.50. The van der Waals surface area contributed by atoms with Gasteiger partial charge >= 0.3 is 0 Å². The number of hydrogen-bond acceptors (Lipinski definition) is 3. The average molecular weight is 501 g/mol. The minimum Gasteiger partial charge on any atom is -0.383 e. The average Bonchev–Trinajstić information content (AvgIpc) is 2.98. The largest absolute Gasteiger partial charge is 0.383 e. The maximum Gasteiger partial charge on any atom is 0.189 e. The Morgan fingerprint density at radius 2 is 2.24 bits per heavy atom. The number of nitrogens with zero attached hydrogens (tertiary/aromatic N) is 2. The van der Waals surface area contributed by atoms with Gasteiger partial charge in [0.05, 0.1) is 19.2 Å². The lowest BCUT2D eigenvalue weighted by atomic mass is 10.1. The van der Waals surface area contributed by atoms with Gasteiger partial charge in [0.2, 0.25) is 0 Å². The molecule has 25 heavy (non-hydrogen) atoms. The molecule has 1 aliphatic heterocycles. The number of rotatable bonds is 7. The lowest BCUT2D eigenvalue weighted by Crippen LogP contribution is -2.37. The van der Waals surface area contributed by atoms with Crippen LogP contribution < -0.4 is 11.1 Å². The van der Waals surface area contributed by atoms with Gasteiger partial charge in [-0.3, -0.25) is 9.89 Å². The van der Waals surface area contributed by atoms with Gasteiger partial charge in [-0.2, -0.15) is 0 Å². The van der Waals surface area contributed by atoms with E-state index in [0.717, 1.165) is 31.7 Å². The van der Waals surface area contributed by atoms with Crippen molar-refractivity contribution in [3.05, 3.63) is 33.8 Å². The van der Waals surface area contributed by atoms with Crippen LogP contribution >= 0.6 is 47.2 Å². The lowest BCUT2D eigenvalue weighted by Gasteiger charge is -2.23. The maximum absolute atomic E-state index is 6.23. The van der Waals surface area contributed by atoms with Gasteiger partial charge in [-0.1, -0.05) is 29.3 Å². The first-order valence-electron chi connectivity index (χ1n) is 8.25. The smallest absolute Gasteiger partial charge is 0.189 e. The van der Waals surface area contributed by atoms with E-state index in [0.29, 0.717) is 28.6 Å². The molecule has 0 amide bonds. The molecule has 3 N–H and O–H groups in total. The molecule has 1 aromatic carbocycles. The van der Waals surface area contributed by atoms with Crippen molar-refractivity contribution in [3.63, 3.8) is 0 Å². The first kappa shape index (κ1) is 22.8. The molecule has 1 aromatic rings. The minimum absolute atomic E-state index is 0. The van der Waals surface area contributed by atoms with Crippen LogP contribution in [0.3, 0.4) is 0 Å². The molecular formula is C17H27Cl2IN4O. The Bertz CT molecular complexity index is 574. The van der Waals surface area contributed by atoms with Crippen molar-refractivity contribution in [1.29, 1.82) is 0 Å². The SMILES string of the molecule is COCCN1CCCC1CN=C(N)NC(C)c1ccc(Cl)cc1Cl.I. The van der Waals surface area contributed by atoms with Gasteiger partial charge in [-0.15, -0.1) is 24.0 Å². The number of ether oxygens (including phenoxy) is 1. The van der Waals surface area contributed by atoms with Crippen LogP contribution in [-0.2, 0) is 4.74 Å². The topological polar surface area (TPSA) is 62.9 Å². The number of halogens is 3. The third kappa shape index (κ3) is 7.09. The number of benzene rings is 1. The van der Waals surface area contributed by atoms with Gasteiger partial charge in [-0.05, 0) is 44.0 Å². The Labute approximate surface area is 177 Å². The van der Waals surface area contributed by atoms with Crippen molar-refractivity contribution in [2.75, 3.05) is 33.4 Å². The minimum atomic E-state index is -0.0355. The van der Waals surface area contributed by atoms with Crippen LogP contribution in [-0.4, -0.2) is 50.3 Å². The van der Waals surface area contributed by atoms with E-state index in [2.05, 4.69) is 15.2 Å². The molecule has 2 atom stereocenters. The molecular weight excluding hydrogens is 474 g/mol. The molecule has 5 nitrogen and oxygen atoms in total. The standard InChI is InChI=1S/C17H26Cl2N4O.HI/c1-12(15-6-5-13(18)10-16(15)19)22-17(20)21-11-14-4-3-7-23(14)8-9-24-2;/h5-6,10,12,14H,3-4,7-9,11H2,1-2H3,(H3,20,21,22);1H. The second-order valence-corrected chi connectivity index (χ2v) is 6.93. The summed E-state index contributed by atoms with van der Waals surface area (Å²) in [5.74, 6) is 0.437. The van der Waals surface area contributed by atoms with E-state index in [1.807, 2.05) is 19.1 Å². The molecule has 0 bridgehead atoms. The van der Waals surface area contributed by atoms with Crippen LogP contribution in [0.1, 0.15) is 31.4 Å². The van der Waals surface area contributed by atoms with Crippen LogP contribution in [0.2, 0.25) is 10.0 Å². The number of nitrogens with one attached hydrogen (secondary N) is 1. The highest BCUT2D eigenvalue weighted by atomic mass is 127. The van der Waals surface area contributed by atoms with Crippen molar-refractivity contribution in [2.45, 2.75) is 31.8 Å². The summed E-state index contributed by atoms with van der Waals surface area (Å²) in [7, 11) is 1.73. The van der Waals surface area contributed by atoms with Gasteiger partial charge in [0.25, 0.3) is 0 Å². The third-order valence-electron chi connectivity index (χ3n) is 4.35. The molecule has 0 aliphatic carbocycles. The number of guanidine groups is 1. The van der Waals surface area contributed by atoms with Gasteiger partial charge in [0.15, 0.2) is 5.96 Å². The van der Waals surface area contributed by atoms with Gasteiger partial charge < -0.3 is 15.8 Å². The van der Waals surface area contributed by atoms with E-state index in [4.69, 9.17) is 33.7 Å². The van der Waals surface area contributed by atoms with Crippen molar-refractivity contribution in [2.24, 2.45) is 10.7 Å². The quantitative estimate of drug-likeness (QED) is 0.340. The normalized spacial score (nSPS) is 19.5. The molecule has 0 aromatic heterocycles. The van der Waals surface area contributed by atoms with E-state index >= 15 is 0 Å². The van der Waals surface area contributed by atoms with Crippen LogP contribution in [0.4, 0.5) is 0 Å². The summed E-state index contributed by atoms with van der Waals surface area (Å²) in [5, 5.41) is 4.44. The highest BCUT2D eigenvalue weighted by Crippen LogP contribution is 2.26. The molecule has 1 fully saturated rings. The molecule has 1 saturated heterocycles. The molecule has 2 unspecified atom stereocenters. The van der Waals surface area contributed by atoms with Crippen LogP contribution in [0.5, 0.6) is 0 Å². The van der Waals surface area contributed by atoms with Gasteiger partial charge in [-0.25, -0.2) is 0 Å². The number of nitrogens with two attached hydrogens (primary N) is 1. The Balaban J connectivity index is 0.00000312. The van der Waals surface area contributed by atoms with Crippen molar-refractivity contribution < 1.29 is 4.74 Å². The summed E-state index contributed by atoms with van der Waals surface area (Å²) in [4.78, 5) is 6.93. The van der Waals surface area contributed by atoms with Crippen molar-refractivity contribution in [3.8, 4) is 0 Å². The van der Waals surface area contributed by atoms with Crippen molar-refractivity contribution >= 4 is 53.1 Å². The highest BCUT2D eigenvalue weighted by Gasteiger charge is 2.23. The monoisotopic (exact) mass is 500 g/mol. The van der Waals surface area contributed by atoms with Crippen LogP contribution in [0.15, 0.2) is 23.2 Å². The Hall–Kier alpha value is -0.280. The van der Waals surface area contributed by atoms with E-state index in [1.165, 1.54) is 6.42 Å². The first-order chi connectivity index (χ1) is 11.5. The Kier molecular flexibility index (Phi) is 10.4. The molecule has 1 aliphatic rings. The predicted octanol–water partition coefficient (Wildman–Crippen LogP) is 3.69. The fourth-order valence-electron chi connectivity index (χ4n) is 3.01. The molecule has 0 radical (unpaired) electrons. The number of likely N-dealkylation sites (tertiary alicyclic amines) is 1. The summed E-state index contributed by atoms with van der Waals surface area (Å²) in [6, 6.07) is 5.86. The molecule has 8 heteroatoms.